The predicted molar refractivity (Wildman–Crippen MR) is 80.1 cm³/mol. The first-order valence-electron chi connectivity index (χ1n) is 5.86. The first-order chi connectivity index (χ1) is 9.02. The fraction of sp³-hybridized carbons (Fsp3) is 0.333. The quantitative estimate of drug-likeness (QED) is 0.901. The van der Waals surface area contributed by atoms with E-state index in [4.69, 9.17) is 0 Å². The molecule has 0 fully saturated rings. The highest BCUT2D eigenvalue weighted by molar-refractivity contribution is 9.10. The normalized spacial score (nSPS) is 11.7. The molecular weight excluding hydrogens is 330 g/mol. The van der Waals surface area contributed by atoms with Crippen LogP contribution in [0, 0.1) is 0 Å². The molecule has 1 N–H and O–H groups in total. The zero-order valence-corrected chi connectivity index (χ0v) is 12.8. The maximum absolute atomic E-state index is 11.4. The molecule has 0 saturated heterocycles. The topological polar surface area (TPSA) is 72.0 Å². The van der Waals surface area contributed by atoms with Gasteiger partial charge in [-0.05, 0) is 28.1 Å². The minimum atomic E-state index is -2.96. The molecule has 7 heteroatoms. The summed E-state index contributed by atoms with van der Waals surface area (Å²) >= 11 is 3.34. The van der Waals surface area contributed by atoms with E-state index in [0.717, 1.165) is 21.2 Å². The number of nitrogens with one attached hydrogen (secondary N) is 1. The minimum Gasteiger partial charge on any atom is -0.382 e. The number of sulfone groups is 1. The number of nitrogens with zero attached hydrogens (tertiary/aromatic N) is 2. The Morgan fingerprint density at radius 2 is 2.16 bits per heavy atom. The second-order valence-electron chi connectivity index (χ2n) is 4.04. The summed E-state index contributed by atoms with van der Waals surface area (Å²) in [7, 11) is -2.96. The summed E-state index contributed by atoms with van der Waals surface area (Å²) in [6, 6.07) is 3.66. The van der Waals surface area contributed by atoms with Crippen LogP contribution in [0.4, 0.5) is 5.69 Å². The van der Waals surface area contributed by atoms with Crippen LogP contribution in [0.3, 0.4) is 0 Å². The van der Waals surface area contributed by atoms with Crippen molar-refractivity contribution >= 4 is 42.5 Å². The third-order valence-electron chi connectivity index (χ3n) is 2.71. The van der Waals surface area contributed by atoms with Crippen LogP contribution < -0.4 is 5.32 Å². The fourth-order valence-electron chi connectivity index (χ4n) is 1.63. The van der Waals surface area contributed by atoms with Crippen molar-refractivity contribution < 1.29 is 8.42 Å². The van der Waals surface area contributed by atoms with E-state index in [2.05, 4.69) is 31.2 Å². The van der Waals surface area contributed by atoms with Gasteiger partial charge in [-0.15, -0.1) is 0 Å². The zero-order chi connectivity index (χ0) is 13.9. The van der Waals surface area contributed by atoms with Gasteiger partial charge in [-0.2, -0.15) is 0 Å². The largest absolute Gasteiger partial charge is 0.382 e. The summed E-state index contributed by atoms with van der Waals surface area (Å²) in [5.41, 5.74) is 2.29. The highest BCUT2D eigenvalue weighted by Gasteiger charge is 2.08. The van der Waals surface area contributed by atoms with Crippen LogP contribution in [-0.4, -0.2) is 36.4 Å². The summed E-state index contributed by atoms with van der Waals surface area (Å²) < 4.78 is 23.7. The molecule has 102 valence electrons. The Bertz CT molecular complexity index is 688. The number of fused-ring (bicyclic) bond motifs is 1. The van der Waals surface area contributed by atoms with Crippen molar-refractivity contribution in [1.29, 1.82) is 0 Å². The van der Waals surface area contributed by atoms with Crippen LogP contribution in [0.2, 0.25) is 0 Å². The molecule has 2 heterocycles. The van der Waals surface area contributed by atoms with Crippen molar-refractivity contribution in [2.24, 2.45) is 0 Å². The van der Waals surface area contributed by atoms with Crippen LogP contribution in [0.25, 0.3) is 11.0 Å². The van der Waals surface area contributed by atoms with Crippen molar-refractivity contribution in [3.05, 3.63) is 29.0 Å². The van der Waals surface area contributed by atoms with E-state index >= 15 is 0 Å². The number of anilines is 1. The Balaban J connectivity index is 2.17. The Kier molecular flexibility index (Phi) is 4.36. The first-order valence-corrected chi connectivity index (χ1v) is 8.48. The highest BCUT2D eigenvalue weighted by Crippen LogP contribution is 2.21. The number of aromatic nitrogens is 2. The van der Waals surface area contributed by atoms with Crippen LogP contribution >= 0.6 is 15.9 Å². The van der Waals surface area contributed by atoms with Gasteiger partial charge >= 0.3 is 0 Å². The van der Waals surface area contributed by atoms with Gasteiger partial charge in [0, 0.05) is 29.2 Å². The molecule has 5 nitrogen and oxygen atoms in total. The summed E-state index contributed by atoms with van der Waals surface area (Å²) in [6.45, 7) is 2.02. The molecule has 2 aromatic heterocycles. The zero-order valence-electron chi connectivity index (χ0n) is 10.4. The molecule has 0 bridgehead atoms. The van der Waals surface area contributed by atoms with E-state index in [1.807, 2.05) is 6.07 Å². The molecule has 0 aliphatic heterocycles. The average Bonchev–Trinajstić information content (AvgIpc) is 2.38. The van der Waals surface area contributed by atoms with E-state index in [1.54, 1.807) is 25.4 Å². The monoisotopic (exact) mass is 343 g/mol. The molecule has 0 amide bonds. The van der Waals surface area contributed by atoms with Crippen molar-refractivity contribution in [2.75, 3.05) is 23.4 Å². The maximum Gasteiger partial charge on any atom is 0.151 e. The Morgan fingerprint density at radius 3 is 2.89 bits per heavy atom. The standard InChI is InChI=1S/C12H14BrN3O2S/c1-2-19(17,18)6-5-15-10-3-4-14-11-7-9(13)8-16-12(10)11/h3-4,7-8H,2,5-6H2,1H3,(H,14,15). The highest BCUT2D eigenvalue weighted by atomic mass is 79.9. The smallest absolute Gasteiger partial charge is 0.151 e. The molecule has 0 aliphatic carbocycles. The molecular formula is C12H14BrN3O2S. The van der Waals surface area contributed by atoms with Gasteiger partial charge in [0.15, 0.2) is 9.84 Å². The van der Waals surface area contributed by atoms with Gasteiger partial charge in [-0.25, -0.2) is 8.42 Å². The lowest BCUT2D eigenvalue weighted by Gasteiger charge is -2.08. The molecule has 2 rings (SSSR count). The van der Waals surface area contributed by atoms with Gasteiger partial charge in [0.25, 0.3) is 0 Å². The molecule has 0 saturated carbocycles. The van der Waals surface area contributed by atoms with Gasteiger partial charge < -0.3 is 5.32 Å². The van der Waals surface area contributed by atoms with Gasteiger partial charge in [-0.3, -0.25) is 9.97 Å². The first kappa shape index (κ1) is 14.2. The predicted octanol–water partition coefficient (Wildman–Crippen LogP) is 2.24. The van der Waals surface area contributed by atoms with Gasteiger partial charge in [0.2, 0.25) is 0 Å². The summed E-state index contributed by atoms with van der Waals surface area (Å²) in [5.74, 6) is 0.279. The number of rotatable bonds is 5. The number of hydrogen-bond donors (Lipinski definition) is 1. The van der Waals surface area contributed by atoms with E-state index in [0.29, 0.717) is 6.54 Å². The molecule has 0 unspecified atom stereocenters. The van der Waals surface area contributed by atoms with E-state index in [9.17, 15) is 8.42 Å². The van der Waals surface area contributed by atoms with Gasteiger partial charge in [0.1, 0.15) is 5.52 Å². The van der Waals surface area contributed by atoms with Gasteiger partial charge in [-0.1, -0.05) is 6.92 Å². The van der Waals surface area contributed by atoms with E-state index in [1.165, 1.54) is 0 Å². The van der Waals surface area contributed by atoms with E-state index in [-0.39, 0.29) is 11.5 Å². The third kappa shape index (κ3) is 3.63. The number of hydrogen-bond acceptors (Lipinski definition) is 5. The van der Waals surface area contributed by atoms with Crippen LogP contribution in [-0.2, 0) is 9.84 Å². The molecule has 0 radical (unpaired) electrons. The fourth-order valence-corrected chi connectivity index (χ4v) is 2.65. The third-order valence-corrected chi connectivity index (χ3v) is 4.85. The Hall–Kier alpha value is -1.21. The molecule has 0 spiro atoms. The SMILES string of the molecule is CCS(=O)(=O)CCNc1ccnc2cc(Br)cnc12. The second kappa shape index (κ2) is 5.83. The Morgan fingerprint density at radius 1 is 1.37 bits per heavy atom. The average molecular weight is 344 g/mol. The van der Waals surface area contributed by atoms with Crippen molar-refractivity contribution in [2.45, 2.75) is 6.92 Å². The van der Waals surface area contributed by atoms with Crippen LogP contribution in [0.5, 0.6) is 0 Å². The van der Waals surface area contributed by atoms with Crippen LogP contribution in [0.15, 0.2) is 29.0 Å². The lowest BCUT2D eigenvalue weighted by atomic mass is 10.3. The number of pyridine rings is 2. The lowest BCUT2D eigenvalue weighted by Crippen LogP contribution is -2.17. The lowest BCUT2D eigenvalue weighted by molar-refractivity contribution is 0.597. The van der Waals surface area contributed by atoms with Crippen molar-refractivity contribution in [1.82, 2.24) is 9.97 Å². The molecule has 19 heavy (non-hydrogen) atoms. The molecule has 0 atom stereocenters. The molecule has 0 aliphatic rings. The van der Waals surface area contributed by atoms with Crippen molar-refractivity contribution in [3.8, 4) is 0 Å². The summed E-state index contributed by atoms with van der Waals surface area (Å²) in [5, 5.41) is 3.10. The second-order valence-corrected chi connectivity index (χ2v) is 7.43. The molecule has 2 aromatic rings. The van der Waals surface area contributed by atoms with Crippen LogP contribution in [0.1, 0.15) is 6.92 Å². The Labute approximate surface area is 120 Å². The summed E-state index contributed by atoms with van der Waals surface area (Å²) in [4.78, 5) is 8.52. The number of halogens is 1. The van der Waals surface area contributed by atoms with Crippen molar-refractivity contribution in [3.63, 3.8) is 0 Å². The van der Waals surface area contributed by atoms with Gasteiger partial charge in [0.05, 0.1) is 17.0 Å². The van der Waals surface area contributed by atoms with E-state index < -0.39 is 9.84 Å². The summed E-state index contributed by atoms with van der Waals surface area (Å²) in [6.07, 6.45) is 3.37. The molecule has 0 aromatic carbocycles. The minimum absolute atomic E-state index is 0.115. The maximum atomic E-state index is 11.4.